The summed E-state index contributed by atoms with van der Waals surface area (Å²) in [6.07, 6.45) is 1.15. The molecule has 3 aromatic carbocycles. The minimum absolute atomic E-state index is 0.0443. The lowest BCUT2D eigenvalue weighted by Gasteiger charge is -2.32. The highest BCUT2D eigenvalue weighted by Crippen LogP contribution is 2.26. The lowest BCUT2D eigenvalue weighted by molar-refractivity contribution is -0.145. The highest BCUT2D eigenvalue weighted by atomic mass is 16.5. The smallest absolute Gasteiger partial charge is 0.343 e. The van der Waals surface area contributed by atoms with Gasteiger partial charge in [0, 0.05) is 17.6 Å². The fourth-order valence-electron chi connectivity index (χ4n) is 4.40. The predicted molar refractivity (Wildman–Crippen MR) is 143 cm³/mol. The molecule has 0 radical (unpaired) electrons. The number of ether oxygens (including phenoxy) is 2. The van der Waals surface area contributed by atoms with E-state index in [1.165, 1.54) is 0 Å². The largest absolute Gasteiger partial charge is 0.461 e. The van der Waals surface area contributed by atoms with Crippen LogP contribution in [0, 0.1) is 0 Å². The van der Waals surface area contributed by atoms with Crippen molar-refractivity contribution in [3.8, 4) is 5.75 Å². The Morgan fingerprint density at radius 1 is 0.778 bits per heavy atom. The summed E-state index contributed by atoms with van der Waals surface area (Å²) < 4.78 is 11.3. The van der Waals surface area contributed by atoms with Gasteiger partial charge in [-0.05, 0) is 70.3 Å². The van der Waals surface area contributed by atoms with Crippen LogP contribution < -0.4 is 4.74 Å². The molecular formula is C31H37NO4. The van der Waals surface area contributed by atoms with Gasteiger partial charge in [-0.25, -0.2) is 4.79 Å². The molecule has 0 spiro atoms. The molecule has 0 heterocycles. The van der Waals surface area contributed by atoms with Crippen LogP contribution in [0.5, 0.6) is 5.75 Å². The van der Waals surface area contributed by atoms with Crippen molar-refractivity contribution in [1.29, 1.82) is 0 Å². The molecule has 36 heavy (non-hydrogen) atoms. The topological polar surface area (TPSA) is 55.8 Å². The molecule has 0 N–H and O–H groups in total. The quantitative estimate of drug-likeness (QED) is 0.212. The zero-order valence-electron chi connectivity index (χ0n) is 21.7. The van der Waals surface area contributed by atoms with Gasteiger partial charge in [-0.3, -0.25) is 9.69 Å². The van der Waals surface area contributed by atoms with Gasteiger partial charge in [0.25, 0.3) is 0 Å². The molecule has 0 aliphatic carbocycles. The van der Waals surface area contributed by atoms with Gasteiger partial charge in [-0.15, -0.1) is 0 Å². The molecule has 3 rings (SSSR count). The molecule has 0 aromatic heterocycles. The Labute approximate surface area is 215 Å². The maximum absolute atomic E-state index is 12.9. The van der Waals surface area contributed by atoms with Crippen molar-refractivity contribution in [2.75, 3.05) is 6.54 Å². The predicted octanol–water partition coefficient (Wildman–Crippen LogP) is 6.63. The summed E-state index contributed by atoms with van der Waals surface area (Å²) in [6, 6.07) is 27.0. The second-order valence-corrected chi connectivity index (χ2v) is 9.55. The molecule has 0 amide bonds. The summed E-state index contributed by atoms with van der Waals surface area (Å²) in [5.41, 5.74) is 2.25. The van der Waals surface area contributed by atoms with E-state index in [-0.39, 0.29) is 18.5 Å². The van der Waals surface area contributed by atoms with Gasteiger partial charge < -0.3 is 9.47 Å². The Bertz CT molecular complexity index is 1090. The normalized spacial score (nSPS) is 12.1. The molecule has 190 valence electrons. The van der Waals surface area contributed by atoms with E-state index in [2.05, 4.69) is 44.7 Å². The first-order valence-electron chi connectivity index (χ1n) is 12.7. The van der Waals surface area contributed by atoms with E-state index >= 15 is 0 Å². The number of carbonyl (C=O) groups excluding carboxylic acids is 2. The molecule has 0 saturated carbocycles. The minimum atomic E-state index is -0.446. The van der Waals surface area contributed by atoms with Crippen molar-refractivity contribution in [2.45, 2.75) is 65.1 Å². The maximum Gasteiger partial charge on any atom is 0.343 e. The Kier molecular flexibility index (Phi) is 10.3. The number of benzene rings is 3. The zero-order valence-corrected chi connectivity index (χ0v) is 21.7. The summed E-state index contributed by atoms with van der Waals surface area (Å²) in [6.45, 7) is 9.76. The second-order valence-electron chi connectivity index (χ2n) is 9.55. The van der Waals surface area contributed by atoms with Crippen LogP contribution in [-0.2, 0) is 16.1 Å². The Hall–Kier alpha value is -3.44. The first-order valence-corrected chi connectivity index (χ1v) is 12.7. The van der Waals surface area contributed by atoms with Crippen LogP contribution >= 0.6 is 0 Å². The molecule has 3 aromatic rings. The fourth-order valence-corrected chi connectivity index (χ4v) is 4.40. The van der Waals surface area contributed by atoms with E-state index < -0.39 is 5.97 Å². The average Bonchev–Trinajstić information content (AvgIpc) is 2.88. The van der Waals surface area contributed by atoms with Gasteiger partial charge in [0.2, 0.25) is 0 Å². The summed E-state index contributed by atoms with van der Waals surface area (Å²) in [5, 5.41) is 0. The first-order chi connectivity index (χ1) is 17.3. The number of para-hydroxylation sites is 1. The molecule has 0 aliphatic rings. The van der Waals surface area contributed by atoms with Crippen molar-refractivity contribution >= 4 is 11.9 Å². The van der Waals surface area contributed by atoms with E-state index in [1.807, 2.05) is 30.3 Å². The standard InChI is InChI=1S/C31H37NO4/c1-23(2)32(24(3)4)20-19-27(25-13-7-5-8-14-25)21-30(33)35-22-28-17-11-12-18-29(28)36-31(34)26-15-9-6-10-16-26/h5-18,23-24,27H,19-22H2,1-4H3/t27-/m1/s1. The number of hydrogen-bond acceptors (Lipinski definition) is 5. The first kappa shape index (κ1) is 27.2. The van der Waals surface area contributed by atoms with Gasteiger partial charge in [0.05, 0.1) is 12.0 Å². The lowest BCUT2D eigenvalue weighted by Crippen LogP contribution is -2.38. The molecular weight excluding hydrogens is 450 g/mol. The third kappa shape index (κ3) is 8.06. The SMILES string of the molecule is CC(C)N(CC[C@H](CC(=O)OCc1ccccc1OC(=O)c1ccccc1)c1ccccc1)C(C)C. The van der Waals surface area contributed by atoms with Gasteiger partial charge in [0.1, 0.15) is 12.4 Å². The van der Waals surface area contributed by atoms with Gasteiger partial charge in [-0.2, -0.15) is 0 Å². The third-order valence-corrected chi connectivity index (χ3v) is 6.32. The second kappa shape index (κ2) is 13.6. The van der Waals surface area contributed by atoms with Crippen molar-refractivity contribution < 1.29 is 19.1 Å². The van der Waals surface area contributed by atoms with Gasteiger partial charge in [-0.1, -0.05) is 66.7 Å². The van der Waals surface area contributed by atoms with E-state index in [4.69, 9.17) is 9.47 Å². The van der Waals surface area contributed by atoms with Crippen LogP contribution in [0.4, 0.5) is 0 Å². The van der Waals surface area contributed by atoms with E-state index in [0.29, 0.717) is 35.4 Å². The number of esters is 2. The number of nitrogens with zero attached hydrogens (tertiary/aromatic N) is 1. The number of rotatable bonds is 12. The van der Waals surface area contributed by atoms with Crippen LogP contribution in [0.2, 0.25) is 0 Å². The van der Waals surface area contributed by atoms with E-state index in [0.717, 1.165) is 18.5 Å². The van der Waals surface area contributed by atoms with Crippen LogP contribution in [0.15, 0.2) is 84.9 Å². The Morgan fingerprint density at radius 2 is 1.36 bits per heavy atom. The fraction of sp³-hybridized carbons (Fsp3) is 0.355. The maximum atomic E-state index is 12.9. The van der Waals surface area contributed by atoms with Gasteiger partial charge in [0.15, 0.2) is 0 Å². The molecule has 1 atom stereocenters. The molecule has 5 heteroatoms. The van der Waals surface area contributed by atoms with Crippen LogP contribution in [-0.4, -0.2) is 35.5 Å². The lowest BCUT2D eigenvalue weighted by atomic mass is 9.92. The van der Waals surface area contributed by atoms with Crippen molar-refractivity contribution in [3.63, 3.8) is 0 Å². The molecule has 0 fully saturated rings. The van der Waals surface area contributed by atoms with Crippen LogP contribution in [0.25, 0.3) is 0 Å². The highest BCUT2D eigenvalue weighted by molar-refractivity contribution is 5.91. The molecule has 0 saturated heterocycles. The highest BCUT2D eigenvalue weighted by Gasteiger charge is 2.21. The summed E-state index contributed by atoms with van der Waals surface area (Å²) in [4.78, 5) is 27.9. The summed E-state index contributed by atoms with van der Waals surface area (Å²) in [7, 11) is 0. The van der Waals surface area contributed by atoms with Crippen molar-refractivity contribution in [2.24, 2.45) is 0 Å². The van der Waals surface area contributed by atoms with Gasteiger partial charge >= 0.3 is 11.9 Å². The molecule has 0 aliphatic heterocycles. The van der Waals surface area contributed by atoms with Crippen molar-refractivity contribution in [1.82, 2.24) is 4.90 Å². The third-order valence-electron chi connectivity index (χ3n) is 6.32. The molecule has 5 nitrogen and oxygen atoms in total. The van der Waals surface area contributed by atoms with Crippen molar-refractivity contribution in [3.05, 3.63) is 102 Å². The van der Waals surface area contributed by atoms with Crippen LogP contribution in [0.1, 0.15) is 67.9 Å². The minimum Gasteiger partial charge on any atom is -0.461 e. The average molecular weight is 488 g/mol. The Morgan fingerprint density at radius 3 is 2.00 bits per heavy atom. The van der Waals surface area contributed by atoms with E-state index in [1.54, 1.807) is 42.5 Å². The zero-order chi connectivity index (χ0) is 25.9. The molecule has 0 unspecified atom stereocenters. The number of hydrogen-bond donors (Lipinski definition) is 0. The number of carbonyl (C=O) groups is 2. The van der Waals surface area contributed by atoms with E-state index in [9.17, 15) is 9.59 Å². The van der Waals surface area contributed by atoms with Crippen LogP contribution in [0.3, 0.4) is 0 Å². The Balaban J connectivity index is 1.64. The monoisotopic (exact) mass is 487 g/mol. The summed E-state index contributed by atoms with van der Waals surface area (Å²) in [5.74, 6) is -0.264. The summed E-state index contributed by atoms with van der Waals surface area (Å²) >= 11 is 0. The molecule has 0 bridgehead atoms.